The van der Waals surface area contributed by atoms with Crippen molar-refractivity contribution >= 4 is 34.0 Å². The number of likely N-dealkylation sites (tertiary alicyclic amines) is 1. The van der Waals surface area contributed by atoms with E-state index in [0.29, 0.717) is 23.8 Å². The first kappa shape index (κ1) is 25.3. The molecule has 1 aliphatic heterocycles. The molecular weight excluding hydrogens is 503 g/mol. The van der Waals surface area contributed by atoms with Crippen LogP contribution in [-0.2, 0) is 12.7 Å². The fourth-order valence-electron chi connectivity index (χ4n) is 3.92. The maximum Gasteiger partial charge on any atom is 0.419 e. The average molecular weight is 526 g/mol. The van der Waals surface area contributed by atoms with Crippen LogP contribution < -0.4 is 10.1 Å². The smallest absolute Gasteiger partial charge is 0.419 e. The SMILES string of the molecule is CCOc1ccc(-c2nc(NC(=O)c3cnc(Cl)cn3)sc2CN2CCCC2C)cc1C(F)(F)F. The Hall–Kier alpha value is -2.76. The number of halogens is 4. The Morgan fingerprint density at radius 3 is 2.74 bits per heavy atom. The number of hydrogen-bond acceptors (Lipinski definition) is 7. The number of hydrogen-bond donors (Lipinski definition) is 1. The van der Waals surface area contributed by atoms with Crippen LogP contribution in [0.2, 0.25) is 5.15 Å². The van der Waals surface area contributed by atoms with Gasteiger partial charge >= 0.3 is 6.18 Å². The van der Waals surface area contributed by atoms with Gasteiger partial charge in [0.2, 0.25) is 0 Å². The lowest BCUT2D eigenvalue weighted by atomic mass is 10.1. The number of nitrogens with zero attached hydrogens (tertiary/aromatic N) is 4. The lowest BCUT2D eigenvalue weighted by Gasteiger charge is -2.20. The maximum absolute atomic E-state index is 13.8. The number of thiazole rings is 1. The Morgan fingerprint density at radius 1 is 1.31 bits per heavy atom. The van der Waals surface area contributed by atoms with Crippen LogP contribution in [0, 0.1) is 0 Å². The van der Waals surface area contributed by atoms with Gasteiger partial charge in [-0.25, -0.2) is 15.0 Å². The van der Waals surface area contributed by atoms with Crippen LogP contribution in [0.4, 0.5) is 18.3 Å². The molecule has 1 saturated heterocycles. The van der Waals surface area contributed by atoms with Crippen LogP contribution in [0.25, 0.3) is 11.3 Å². The Kier molecular flexibility index (Phi) is 7.58. The maximum atomic E-state index is 13.8. The van der Waals surface area contributed by atoms with Crippen LogP contribution in [0.5, 0.6) is 5.75 Å². The van der Waals surface area contributed by atoms with Gasteiger partial charge in [-0.05, 0) is 51.4 Å². The Balaban J connectivity index is 1.71. The molecular formula is C23H23ClF3N5O2S. The first-order chi connectivity index (χ1) is 16.7. The minimum atomic E-state index is -4.59. The van der Waals surface area contributed by atoms with Gasteiger partial charge in [0.05, 0.1) is 30.3 Å². The van der Waals surface area contributed by atoms with Crippen molar-refractivity contribution in [3.05, 3.63) is 51.9 Å². The zero-order chi connectivity index (χ0) is 25.2. The van der Waals surface area contributed by atoms with E-state index in [9.17, 15) is 18.0 Å². The van der Waals surface area contributed by atoms with E-state index in [0.717, 1.165) is 30.3 Å². The van der Waals surface area contributed by atoms with Gasteiger partial charge in [-0.15, -0.1) is 0 Å². The Bertz CT molecular complexity index is 1200. The first-order valence-electron chi connectivity index (χ1n) is 11.0. The molecule has 35 heavy (non-hydrogen) atoms. The number of ether oxygens (including phenoxy) is 1. The highest BCUT2D eigenvalue weighted by molar-refractivity contribution is 7.16. The molecule has 3 heterocycles. The molecule has 0 bridgehead atoms. The van der Waals surface area contributed by atoms with Gasteiger partial charge in [0.1, 0.15) is 16.6 Å². The molecule has 12 heteroatoms. The molecule has 186 valence electrons. The summed E-state index contributed by atoms with van der Waals surface area (Å²) in [4.78, 5) is 27.9. The number of rotatable bonds is 7. The standard InChI is InChI=1S/C23H23ClF3N5O2S/c1-3-34-17-7-6-14(9-15(17)23(25,26)27)20-18(12-32-8-4-5-13(32)2)35-22(30-20)31-21(33)16-10-29-19(24)11-28-16/h6-7,9-11,13H,3-5,8,12H2,1-2H3,(H,30,31,33). The van der Waals surface area contributed by atoms with Crippen molar-refractivity contribution in [1.29, 1.82) is 0 Å². The summed E-state index contributed by atoms with van der Waals surface area (Å²) in [5.74, 6) is -0.776. The summed E-state index contributed by atoms with van der Waals surface area (Å²) >= 11 is 6.95. The van der Waals surface area contributed by atoms with Gasteiger partial charge in [-0.1, -0.05) is 22.9 Å². The summed E-state index contributed by atoms with van der Waals surface area (Å²) in [6, 6.07) is 4.26. The molecule has 4 rings (SSSR count). The van der Waals surface area contributed by atoms with E-state index in [-0.39, 0.29) is 28.3 Å². The summed E-state index contributed by atoms with van der Waals surface area (Å²) in [5, 5.41) is 3.08. The number of carbonyl (C=O) groups excluding carboxylic acids is 1. The fraction of sp³-hybridized carbons (Fsp3) is 0.391. The number of benzene rings is 1. The van der Waals surface area contributed by atoms with E-state index >= 15 is 0 Å². The van der Waals surface area contributed by atoms with E-state index in [1.54, 1.807) is 13.0 Å². The summed E-state index contributed by atoms with van der Waals surface area (Å²) < 4.78 is 46.5. The van der Waals surface area contributed by atoms with Crippen molar-refractivity contribution in [2.24, 2.45) is 0 Å². The molecule has 1 aromatic carbocycles. The largest absolute Gasteiger partial charge is 0.493 e. The molecule has 1 atom stereocenters. The third kappa shape index (κ3) is 5.91. The molecule has 3 aromatic rings. The molecule has 0 aliphatic carbocycles. The molecule has 1 unspecified atom stereocenters. The molecule has 1 amide bonds. The molecule has 0 spiro atoms. The van der Waals surface area contributed by atoms with Crippen molar-refractivity contribution < 1.29 is 22.7 Å². The topological polar surface area (TPSA) is 80.2 Å². The molecule has 0 radical (unpaired) electrons. The summed E-state index contributed by atoms with van der Waals surface area (Å²) in [5.41, 5.74) is -0.139. The van der Waals surface area contributed by atoms with Crippen LogP contribution in [0.3, 0.4) is 0 Å². The van der Waals surface area contributed by atoms with Crippen molar-refractivity contribution in [2.75, 3.05) is 18.5 Å². The Morgan fingerprint density at radius 2 is 2.11 bits per heavy atom. The highest BCUT2D eigenvalue weighted by Gasteiger charge is 2.35. The number of amides is 1. The van der Waals surface area contributed by atoms with Crippen LogP contribution in [-0.4, -0.2) is 45.0 Å². The highest BCUT2D eigenvalue weighted by Crippen LogP contribution is 2.41. The number of alkyl halides is 3. The lowest BCUT2D eigenvalue weighted by Crippen LogP contribution is -2.25. The normalized spacial score (nSPS) is 16.5. The van der Waals surface area contributed by atoms with Gasteiger partial charge in [0.25, 0.3) is 5.91 Å². The van der Waals surface area contributed by atoms with Gasteiger partial charge in [0.15, 0.2) is 5.13 Å². The zero-order valence-corrected chi connectivity index (χ0v) is 20.6. The van der Waals surface area contributed by atoms with Crippen LogP contribution >= 0.6 is 22.9 Å². The predicted octanol–water partition coefficient (Wildman–Crippen LogP) is 5.91. The second-order valence-electron chi connectivity index (χ2n) is 8.07. The van der Waals surface area contributed by atoms with Crippen molar-refractivity contribution in [3.63, 3.8) is 0 Å². The zero-order valence-electron chi connectivity index (χ0n) is 19.0. The van der Waals surface area contributed by atoms with Gasteiger partial charge < -0.3 is 4.74 Å². The number of carbonyl (C=O) groups is 1. The van der Waals surface area contributed by atoms with E-state index < -0.39 is 17.6 Å². The highest BCUT2D eigenvalue weighted by atomic mass is 35.5. The second kappa shape index (κ2) is 10.5. The summed E-state index contributed by atoms with van der Waals surface area (Å²) in [7, 11) is 0. The van der Waals surface area contributed by atoms with E-state index in [1.165, 1.54) is 29.8 Å². The minimum absolute atomic E-state index is 0.0429. The van der Waals surface area contributed by atoms with Crippen molar-refractivity contribution in [1.82, 2.24) is 19.9 Å². The molecule has 1 N–H and O–H groups in total. The third-order valence-electron chi connectivity index (χ3n) is 5.67. The first-order valence-corrected chi connectivity index (χ1v) is 12.2. The summed E-state index contributed by atoms with van der Waals surface area (Å²) in [6.07, 6.45) is -0.00227. The average Bonchev–Trinajstić information content (AvgIpc) is 3.40. The lowest BCUT2D eigenvalue weighted by molar-refractivity contribution is -0.138. The molecule has 7 nitrogen and oxygen atoms in total. The molecule has 2 aromatic heterocycles. The van der Waals surface area contributed by atoms with Crippen LogP contribution in [0.1, 0.15) is 47.6 Å². The van der Waals surface area contributed by atoms with Gasteiger partial charge in [-0.3, -0.25) is 15.0 Å². The monoisotopic (exact) mass is 525 g/mol. The fourth-order valence-corrected chi connectivity index (χ4v) is 5.02. The molecule has 1 fully saturated rings. The number of aromatic nitrogens is 3. The summed E-state index contributed by atoms with van der Waals surface area (Å²) in [6.45, 7) is 5.26. The quantitative estimate of drug-likeness (QED) is 0.413. The number of nitrogens with one attached hydrogen (secondary N) is 1. The second-order valence-corrected chi connectivity index (χ2v) is 9.54. The van der Waals surface area contributed by atoms with E-state index in [2.05, 4.69) is 32.1 Å². The van der Waals surface area contributed by atoms with Gasteiger partial charge in [0, 0.05) is 23.0 Å². The Labute approximate surface area is 209 Å². The van der Waals surface area contributed by atoms with Crippen molar-refractivity contribution in [3.8, 4) is 17.0 Å². The molecule has 1 aliphatic rings. The van der Waals surface area contributed by atoms with E-state index in [4.69, 9.17) is 16.3 Å². The minimum Gasteiger partial charge on any atom is -0.493 e. The predicted molar refractivity (Wildman–Crippen MR) is 128 cm³/mol. The van der Waals surface area contributed by atoms with E-state index in [1.807, 2.05) is 0 Å². The van der Waals surface area contributed by atoms with Crippen LogP contribution in [0.15, 0.2) is 30.6 Å². The van der Waals surface area contributed by atoms with Crippen molar-refractivity contribution in [2.45, 2.75) is 45.5 Å². The third-order valence-corrected chi connectivity index (χ3v) is 6.82. The van der Waals surface area contributed by atoms with Gasteiger partial charge in [-0.2, -0.15) is 13.2 Å². The molecule has 0 saturated carbocycles. The number of anilines is 1.